The molecule has 1 heterocycles. The van der Waals surface area contributed by atoms with Gasteiger partial charge in [0.15, 0.2) is 6.10 Å². The maximum atomic E-state index is 11.7. The molecule has 0 aromatic carbocycles. The minimum absolute atomic E-state index is 0.132. The second-order valence-corrected chi connectivity index (χ2v) is 6.07. The quantitative estimate of drug-likeness (QED) is 0.206. The van der Waals surface area contributed by atoms with E-state index >= 15 is 0 Å². The summed E-state index contributed by atoms with van der Waals surface area (Å²) in [4.78, 5) is 11.7. The van der Waals surface area contributed by atoms with Gasteiger partial charge in [-0.2, -0.15) is 0 Å². The third-order valence-electron chi connectivity index (χ3n) is 3.92. The van der Waals surface area contributed by atoms with Gasteiger partial charge >= 0.3 is 5.97 Å². The van der Waals surface area contributed by atoms with Gasteiger partial charge in [-0.3, -0.25) is 0 Å². The van der Waals surface area contributed by atoms with Crippen LogP contribution in [0, 0.1) is 0 Å². The minimum atomic E-state index is -1.55. The first kappa shape index (κ1) is 22.2. The molecule has 148 valence electrons. The topological polar surface area (TPSA) is 166 Å². The smallest absolute Gasteiger partial charge is 0.334 e. The molecule has 2 unspecified atom stereocenters. The Kier molecular flexibility index (Phi) is 9.75. The molecule has 0 radical (unpaired) electrons. The molecular weight excluding hydrogens is 340 g/mol. The summed E-state index contributed by atoms with van der Waals surface area (Å²) in [6, 6.07) is 0. The third kappa shape index (κ3) is 7.50. The molecule has 0 aromatic rings. The predicted molar refractivity (Wildman–Crippen MR) is 82.5 cm³/mol. The van der Waals surface area contributed by atoms with E-state index in [-0.39, 0.29) is 26.2 Å². The zero-order valence-electron chi connectivity index (χ0n) is 14.1. The number of carbonyl (C=O) groups excluding carboxylic acids is 1. The van der Waals surface area contributed by atoms with Crippen LogP contribution in [0.15, 0.2) is 0 Å². The lowest BCUT2D eigenvalue weighted by molar-refractivity contribution is -0.160. The summed E-state index contributed by atoms with van der Waals surface area (Å²) in [6.07, 6.45) is -7.34. The largest absolute Gasteiger partial charge is 0.464 e. The second kappa shape index (κ2) is 11.0. The highest BCUT2D eigenvalue weighted by molar-refractivity contribution is 5.74. The molecule has 0 bridgehead atoms. The third-order valence-corrected chi connectivity index (χ3v) is 3.92. The summed E-state index contributed by atoms with van der Waals surface area (Å²) in [5.74, 6) is -0.719. The number of ether oxygens (including phenoxy) is 3. The summed E-state index contributed by atoms with van der Waals surface area (Å²) in [7, 11) is 0. The van der Waals surface area contributed by atoms with Gasteiger partial charge in [0.1, 0.15) is 18.3 Å². The van der Waals surface area contributed by atoms with Crippen molar-refractivity contribution in [1.82, 2.24) is 0 Å². The first-order valence-corrected chi connectivity index (χ1v) is 8.17. The zero-order valence-corrected chi connectivity index (χ0v) is 14.1. The van der Waals surface area contributed by atoms with Crippen molar-refractivity contribution in [2.45, 2.75) is 62.5 Å². The van der Waals surface area contributed by atoms with Gasteiger partial charge in [0.25, 0.3) is 0 Å². The maximum absolute atomic E-state index is 11.7. The summed E-state index contributed by atoms with van der Waals surface area (Å²) in [5, 5.41) is 56.1. The van der Waals surface area contributed by atoms with Gasteiger partial charge in [-0.15, -0.1) is 0 Å². The van der Waals surface area contributed by atoms with Gasteiger partial charge in [0.2, 0.25) is 0 Å². The number of esters is 1. The SMILES string of the molecule is CC(OC[C@@H](O)C1C[C@H](O)CO1)C(=O)OCC[C@@H](O)[C@H](O)[C@@H](O)CO. The van der Waals surface area contributed by atoms with Crippen LogP contribution in [0.25, 0.3) is 0 Å². The fourth-order valence-electron chi connectivity index (χ4n) is 2.26. The first-order valence-electron chi connectivity index (χ1n) is 8.17. The Labute approximate surface area is 145 Å². The van der Waals surface area contributed by atoms with E-state index in [1.807, 2.05) is 0 Å². The second-order valence-electron chi connectivity index (χ2n) is 6.07. The molecule has 10 heteroatoms. The van der Waals surface area contributed by atoms with Crippen LogP contribution in [-0.4, -0.2) is 106 Å². The van der Waals surface area contributed by atoms with Crippen molar-refractivity contribution in [2.24, 2.45) is 0 Å². The molecule has 1 rings (SSSR count). The van der Waals surface area contributed by atoms with Crippen molar-refractivity contribution >= 4 is 5.97 Å². The average Bonchev–Trinajstić information content (AvgIpc) is 3.03. The van der Waals surface area contributed by atoms with Crippen molar-refractivity contribution in [3.8, 4) is 0 Å². The van der Waals surface area contributed by atoms with Crippen LogP contribution >= 0.6 is 0 Å². The van der Waals surface area contributed by atoms with Crippen LogP contribution in [-0.2, 0) is 19.0 Å². The summed E-state index contributed by atoms with van der Waals surface area (Å²) >= 11 is 0. The van der Waals surface area contributed by atoms with E-state index in [4.69, 9.17) is 19.3 Å². The van der Waals surface area contributed by atoms with E-state index in [0.717, 1.165) is 0 Å². The molecular formula is C15H28O10. The lowest BCUT2D eigenvalue weighted by Crippen LogP contribution is -2.40. The normalized spacial score (nSPS) is 26.7. The Bertz CT molecular complexity index is 393. The number of aliphatic hydroxyl groups excluding tert-OH is 6. The molecule has 1 aliphatic rings. The Balaban J connectivity index is 2.21. The number of aliphatic hydroxyl groups is 6. The monoisotopic (exact) mass is 368 g/mol. The van der Waals surface area contributed by atoms with Crippen molar-refractivity contribution in [1.29, 1.82) is 0 Å². The van der Waals surface area contributed by atoms with Gasteiger partial charge in [-0.05, 0) is 6.92 Å². The Morgan fingerprint density at radius 3 is 2.48 bits per heavy atom. The fourth-order valence-corrected chi connectivity index (χ4v) is 2.26. The van der Waals surface area contributed by atoms with E-state index in [9.17, 15) is 30.3 Å². The van der Waals surface area contributed by atoms with Crippen molar-refractivity contribution in [3.63, 3.8) is 0 Å². The molecule has 25 heavy (non-hydrogen) atoms. The van der Waals surface area contributed by atoms with Gasteiger partial charge in [-0.25, -0.2) is 4.79 Å². The molecule has 1 saturated heterocycles. The number of hydrogen-bond acceptors (Lipinski definition) is 10. The van der Waals surface area contributed by atoms with Crippen molar-refractivity contribution in [3.05, 3.63) is 0 Å². The van der Waals surface area contributed by atoms with Crippen LogP contribution in [0.5, 0.6) is 0 Å². The number of carbonyl (C=O) groups is 1. The highest BCUT2D eigenvalue weighted by Crippen LogP contribution is 2.17. The Hall–Kier alpha value is -0.850. The predicted octanol–water partition coefficient (Wildman–Crippen LogP) is -3.09. The molecule has 0 amide bonds. The van der Waals surface area contributed by atoms with E-state index in [1.165, 1.54) is 6.92 Å². The molecule has 0 saturated carbocycles. The minimum Gasteiger partial charge on any atom is -0.464 e. The fraction of sp³-hybridized carbons (Fsp3) is 0.933. The Morgan fingerprint density at radius 2 is 1.92 bits per heavy atom. The molecule has 1 aliphatic heterocycles. The van der Waals surface area contributed by atoms with Crippen LogP contribution < -0.4 is 0 Å². The van der Waals surface area contributed by atoms with Gasteiger partial charge < -0.3 is 44.8 Å². The first-order chi connectivity index (χ1) is 11.8. The van der Waals surface area contributed by atoms with E-state index < -0.39 is 55.3 Å². The standard InChI is InChI=1S/C15H28O10/c1-8(24-7-12(20)13-4-9(17)6-25-13)15(22)23-3-2-10(18)14(21)11(19)5-16/h8-14,16-21H,2-7H2,1H3/t8?,9-,10+,11-,12+,13?,14-/m0/s1. The Morgan fingerprint density at radius 1 is 1.24 bits per heavy atom. The highest BCUT2D eigenvalue weighted by atomic mass is 16.6. The van der Waals surface area contributed by atoms with Crippen LogP contribution in [0.4, 0.5) is 0 Å². The molecule has 1 fully saturated rings. The van der Waals surface area contributed by atoms with Gasteiger partial charge in [0, 0.05) is 12.8 Å². The molecule has 7 atom stereocenters. The van der Waals surface area contributed by atoms with Crippen LogP contribution in [0.2, 0.25) is 0 Å². The molecule has 0 aliphatic carbocycles. The van der Waals surface area contributed by atoms with Crippen LogP contribution in [0.1, 0.15) is 19.8 Å². The van der Waals surface area contributed by atoms with Gasteiger partial charge in [0.05, 0.1) is 44.7 Å². The lowest BCUT2D eigenvalue weighted by atomic mass is 10.1. The van der Waals surface area contributed by atoms with E-state index in [0.29, 0.717) is 6.42 Å². The maximum Gasteiger partial charge on any atom is 0.334 e. The number of rotatable bonds is 11. The van der Waals surface area contributed by atoms with E-state index in [1.54, 1.807) is 0 Å². The van der Waals surface area contributed by atoms with E-state index in [2.05, 4.69) is 0 Å². The highest BCUT2D eigenvalue weighted by Gasteiger charge is 2.31. The number of hydrogen-bond donors (Lipinski definition) is 6. The van der Waals surface area contributed by atoms with Crippen molar-refractivity contribution in [2.75, 3.05) is 26.4 Å². The van der Waals surface area contributed by atoms with Gasteiger partial charge in [-0.1, -0.05) is 0 Å². The summed E-state index contributed by atoms with van der Waals surface area (Å²) in [5.41, 5.74) is 0. The molecule has 6 N–H and O–H groups in total. The zero-order chi connectivity index (χ0) is 19.0. The molecule has 0 spiro atoms. The lowest BCUT2D eigenvalue weighted by Gasteiger charge is -2.22. The summed E-state index contributed by atoms with van der Waals surface area (Å²) in [6.45, 7) is 0.493. The van der Waals surface area contributed by atoms with Crippen LogP contribution in [0.3, 0.4) is 0 Å². The molecule has 0 aromatic heterocycles. The average molecular weight is 368 g/mol. The summed E-state index contributed by atoms with van der Waals surface area (Å²) < 4.78 is 15.3. The van der Waals surface area contributed by atoms with Crippen molar-refractivity contribution < 1.29 is 49.6 Å². The molecule has 10 nitrogen and oxygen atoms in total.